The number of H-pyrrole nitrogens is 1. The monoisotopic (exact) mass is 1240 g/mol. The molecule has 2 fully saturated rings. The van der Waals surface area contributed by atoms with E-state index in [2.05, 4.69) is 46.4 Å². The van der Waals surface area contributed by atoms with Crippen LogP contribution in [0.5, 0.6) is 5.75 Å². The van der Waals surface area contributed by atoms with Gasteiger partial charge < -0.3 is 64.8 Å². The Kier molecular flexibility index (Phi) is 24.2. The minimum absolute atomic E-state index is 0.00748. The average molecular weight is 1240 g/mol. The van der Waals surface area contributed by atoms with Gasteiger partial charge in [0.15, 0.2) is 11.6 Å². The van der Waals surface area contributed by atoms with Gasteiger partial charge in [0.25, 0.3) is 5.91 Å². The molecule has 0 unspecified atom stereocenters. The molecule has 8 rings (SSSR count). The number of aromatic nitrogens is 5. The van der Waals surface area contributed by atoms with Gasteiger partial charge in [-0.2, -0.15) is 0 Å². The predicted molar refractivity (Wildman–Crippen MR) is 339 cm³/mol. The first kappa shape index (κ1) is 67.1. The second-order valence-electron chi connectivity index (χ2n) is 24.6. The number of piperidine rings is 1. The van der Waals surface area contributed by atoms with Crippen LogP contribution in [0, 0.1) is 12.3 Å². The van der Waals surface area contributed by atoms with E-state index in [4.69, 9.17) is 23.7 Å². The first-order chi connectivity index (χ1) is 42.7. The number of hydrogen-bond donors (Lipinski definition) is 6. The first-order valence-corrected chi connectivity index (χ1v) is 31.6. The van der Waals surface area contributed by atoms with Crippen molar-refractivity contribution in [3.05, 3.63) is 131 Å². The van der Waals surface area contributed by atoms with Gasteiger partial charge in [-0.05, 0) is 124 Å². The van der Waals surface area contributed by atoms with E-state index in [0.717, 1.165) is 69.9 Å². The van der Waals surface area contributed by atoms with Crippen LogP contribution in [0.25, 0.3) is 21.8 Å². The van der Waals surface area contributed by atoms with Crippen molar-refractivity contribution in [2.45, 2.75) is 142 Å². The number of carbonyl (C=O) groups excluding carboxylic acids is 5. The molecule has 3 aromatic carbocycles. The minimum atomic E-state index is -0.932. The molecule has 6 aromatic rings. The highest BCUT2D eigenvalue weighted by atomic mass is 32.1. The van der Waals surface area contributed by atoms with E-state index in [1.54, 1.807) is 34.7 Å². The number of amides is 5. The molecule has 0 aliphatic carbocycles. The number of nitrogens with one attached hydrogen (secondary N) is 5. The van der Waals surface area contributed by atoms with Gasteiger partial charge in [-0.1, -0.05) is 69.7 Å². The Morgan fingerprint density at radius 2 is 1.45 bits per heavy atom. The summed E-state index contributed by atoms with van der Waals surface area (Å²) in [6, 6.07) is 24.9. The highest BCUT2D eigenvalue weighted by Gasteiger charge is 2.45. The van der Waals surface area contributed by atoms with E-state index in [-0.39, 0.29) is 63.0 Å². The molecule has 5 amide bonds. The summed E-state index contributed by atoms with van der Waals surface area (Å²) in [7, 11) is 0. The maximum atomic E-state index is 14.0. The number of carbonyl (C=O) groups is 5. The maximum Gasteiger partial charge on any atom is 0.410 e. The number of ether oxygens (including phenoxy) is 5. The molecule has 0 radical (unpaired) electrons. The lowest BCUT2D eigenvalue weighted by atomic mass is 9.85. The van der Waals surface area contributed by atoms with Crippen LogP contribution in [0.15, 0.2) is 103 Å². The summed E-state index contributed by atoms with van der Waals surface area (Å²) in [6.45, 7) is 17.3. The molecule has 2 saturated heterocycles. The Hall–Kier alpha value is -7.83. The number of hydrogen-bond acceptors (Lipinski definition) is 17. The van der Waals surface area contributed by atoms with E-state index >= 15 is 0 Å². The number of aliphatic hydroxyl groups excluding tert-OH is 1. The topological polar surface area (TPSA) is 274 Å². The Labute approximate surface area is 525 Å². The van der Waals surface area contributed by atoms with Gasteiger partial charge in [0.1, 0.15) is 29.0 Å². The Morgan fingerprint density at radius 3 is 2.15 bits per heavy atom. The fourth-order valence-corrected chi connectivity index (χ4v) is 11.4. The summed E-state index contributed by atoms with van der Waals surface area (Å²) in [5, 5.41) is 32.2. The number of pyridine rings is 1. The van der Waals surface area contributed by atoms with Crippen LogP contribution in [0.4, 0.5) is 10.5 Å². The SMILES string of the molecule is Cc1ncsc1-c1ccc(CNC(=O)[C@@H]2C[C@@H](O)CN2C(=O)[C@@H](NC(=O)CCOCCOCCOCCCCCCOc2cccc(CNC(=O)c3cccc(NC4(c5nnc(-c6ccncc6)[nH]5)CCN(C(=O)OC(C)(C)C)CC4)c3)c2)C(C)(C)C)cc1. The van der Waals surface area contributed by atoms with Gasteiger partial charge in [0.2, 0.25) is 17.7 Å². The zero-order valence-electron chi connectivity index (χ0n) is 52.3. The van der Waals surface area contributed by atoms with Crippen molar-refractivity contribution in [1.82, 2.24) is 50.9 Å². The third-order valence-electron chi connectivity index (χ3n) is 15.4. The van der Waals surface area contributed by atoms with Gasteiger partial charge in [0, 0.05) is 81.4 Å². The third-order valence-corrected chi connectivity index (χ3v) is 16.4. The zero-order valence-corrected chi connectivity index (χ0v) is 53.1. The Balaban J connectivity index is 0.659. The summed E-state index contributed by atoms with van der Waals surface area (Å²) in [6.07, 6.45) is 7.09. The van der Waals surface area contributed by atoms with Gasteiger partial charge >= 0.3 is 6.09 Å². The number of thiazole rings is 1. The van der Waals surface area contributed by atoms with E-state index in [9.17, 15) is 29.1 Å². The molecule has 23 heteroatoms. The van der Waals surface area contributed by atoms with Crippen LogP contribution in [0.1, 0.15) is 126 Å². The molecule has 3 aromatic heterocycles. The summed E-state index contributed by atoms with van der Waals surface area (Å²) >= 11 is 1.57. The van der Waals surface area contributed by atoms with E-state index in [1.165, 1.54) is 4.90 Å². The number of anilines is 1. The second-order valence-corrected chi connectivity index (χ2v) is 25.5. The molecule has 0 bridgehead atoms. The number of likely N-dealkylation sites (tertiary alicyclic amines) is 2. The molecule has 6 N–H and O–H groups in total. The highest BCUT2D eigenvalue weighted by molar-refractivity contribution is 7.13. The molecule has 2 aliphatic heterocycles. The summed E-state index contributed by atoms with van der Waals surface area (Å²) in [5.74, 6) is 0.587. The lowest BCUT2D eigenvalue weighted by Crippen LogP contribution is -2.57. The molecule has 0 saturated carbocycles. The smallest absolute Gasteiger partial charge is 0.410 e. The number of unbranched alkanes of at least 4 members (excludes halogenated alkanes) is 3. The quantitative estimate of drug-likeness (QED) is 0.0230. The van der Waals surface area contributed by atoms with Crippen molar-refractivity contribution in [2.24, 2.45) is 5.41 Å². The van der Waals surface area contributed by atoms with Crippen LogP contribution >= 0.6 is 11.3 Å². The number of benzene rings is 3. The molecule has 3 atom stereocenters. The lowest BCUT2D eigenvalue weighted by molar-refractivity contribution is -0.144. The second kappa shape index (κ2) is 32.1. The van der Waals surface area contributed by atoms with Crippen molar-refractivity contribution >= 4 is 46.7 Å². The molecule has 0 spiro atoms. The molecule has 478 valence electrons. The number of β-amino-alcohol motifs (C(OH)–C–C–N with tert-alkyl or cyclic N) is 1. The van der Waals surface area contributed by atoms with Crippen molar-refractivity contribution in [1.29, 1.82) is 0 Å². The largest absolute Gasteiger partial charge is 0.494 e. The standard InChI is InChI=1S/C66H87N11O11S/c1-45-56(89-44-70-45)48-20-18-46(19-21-48)41-69-60(81)54-40-52(78)43-77(54)61(82)57(64(2,3)4)71-55(79)24-33-85-35-37-86-36-34-84-31-10-8-9-11-32-87-53-17-12-14-47(38-53)42-68-59(80)50-15-13-16-51(39-50)73-66(25-29-76(30-26-66)63(83)88-65(5,6)7)62-72-58(74-75-62)49-22-27-67-28-23-49/h12-23,27-28,38-39,44,52,54,57,73,78H,8-11,24-26,29-37,40-43H2,1-7H3,(H,68,80)(H,69,81)(H,71,79)(H,72,74,75)/t52-,54+,57-/m1/s1. The van der Waals surface area contributed by atoms with Gasteiger partial charge in [-0.15, -0.1) is 21.5 Å². The van der Waals surface area contributed by atoms with Crippen molar-refractivity contribution < 1.29 is 52.8 Å². The molecule has 5 heterocycles. The van der Waals surface area contributed by atoms with E-state index < -0.39 is 40.6 Å². The fourth-order valence-electron chi connectivity index (χ4n) is 10.5. The zero-order chi connectivity index (χ0) is 63.4. The number of aliphatic hydroxyl groups is 1. The third kappa shape index (κ3) is 20.1. The lowest BCUT2D eigenvalue weighted by Gasteiger charge is -2.41. The van der Waals surface area contributed by atoms with Crippen LogP contribution in [0.3, 0.4) is 0 Å². The summed E-state index contributed by atoms with van der Waals surface area (Å²) in [5.41, 5.74) is 5.65. The Bertz CT molecular complexity index is 3250. The molecule has 89 heavy (non-hydrogen) atoms. The van der Waals surface area contributed by atoms with Gasteiger partial charge in [0.05, 0.1) is 61.8 Å². The van der Waals surface area contributed by atoms with Crippen molar-refractivity contribution in [2.75, 3.05) is 71.2 Å². The van der Waals surface area contributed by atoms with Gasteiger partial charge in [-0.3, -0.25) is 24.2 Å². The summed E-state index contributed by atoms with van der Waals surface area (Å²) < 4.78 is 28.8. The fraction of sp³-hybridized carbons (Fsp3) is 0.500. The van der Waals surface area contributed by atoms with Crippen LogP contribution < -0.4 is 26.0 Å². The normalized spacial score (nSPS) is 16.1. The molecule has 2 aliphatic rings. The highest BCUT2D eigenvalue weighted by Crippen LogP contribution is 2.37. The Morgan fingerprint density at radius 1 is 0.764 bits per heavy atom. The average Bonchev–Trinajstić information content (AvgIpc) is 3.63. The summed E-state index contributed by atoms with van der Waals surface area (Å²) in [4.78, 5) is 83.2. The van der Waals surface area contributed by atoms with Crippen molar-refractivity contribution in [3.63, 3.8) is 0 Å². The van der Waals surface area contributed by atoms with E-state index in [0.29, 0.717) is 82.7 Å². The minimum Gasteiger partial charge on any atom is -0.494 e. The number of rotatable bonds is 30. The number of aryl methyl sites for hydroxylation is 1. The van der Waals surface area contributed by atoms with Crippen LogP contribution in [0.2, 0.25) is 0 Å². The van der Waals surface area contributed by atoms with Crippen LogP contribution in [-0.4, -0.2) is 159 Å². The van der Waals surface area contributed by atoms with E-state index in [1.807, 2.05) is 133 Å². The predicted octanol–water partition coefficient (Wildman–Crippen LogP) is 8.76. The van der Waals surface area contributed by atoms with Crippen LogP contribution in [-0.2, 0) is 52.0 Å². The molecule has 22 nitrogen and oxygen atoms in total. The van der Waals surface area contributed by atoms with Crippen molar-refractivity contribution in [3.8, 4) is 27.6 Å². The number of aromatic amines is 1. The molecular formula is C66H87N11O11S. The first-order valence-electron chi connectivity index (χ1n) is 30.7. The van der Waals surface area contributed by atoms with Gasteiger partial charge in [-0.25, -0.2) is 9.78 Å². The number of nitrogens with zero attached hydrogens (tertiary/aromatic N) is 6. The maximum absolute atomic E-state index is 14.0. The molecular weight excluding hydrogens is 1150 g/mol.